The molecule has 1 aromatic carbocycles. The number of fused-ring (bicyclic) bond motifs is 1. The van der Waals surface area contributed by atoms with Crippen molar-refractivity contribution in [2.75, 3.05) is 11.9 Å². The summed E-state index contributed by atoms with van der Waals surface area (Å²) < 4.78 is 53.0. The molecule has 2 heterocycles. The molecule has 1 aliphatic rings. The first-order valence-electron chi connectivity index (χ1n) is 6.22. The maximum absolute atomic E-state index is 13.0. The molecule has 0 fully saturated rings. The average molecular weight is 364 g/mol. The Morgan fingerprint density at radius 2 is 1.90 bits per heavy atom. The van der Waals surface area contributed by atoms with E-state index in [2.05, 4.69) is 26.3 Å². The van der Waals surface area contributed by atoms with Crippen molar-refractivity contribution in [2.45, 2.75) is 18.6 Å². The number of nitrogens with zero attached hydrogens (tertiary/aromatic N) is 2. The van der Waals surface area contributed by atoms with E-state index in [4.69, 9.17) is 0 Å². The zero-order chi connectivity index (χ0) is 15.2. The van der Waals surface area contributed by atoms with Gasteiger partial charge in [0.25, 0.3) is 0 Å². The highest BCUT2D eigenvalue weighted by atomic mass is 79.9. The average Bonchev–Trinajstić information content (AvgIpc) is 2.77. The monoisotopic (exact) mass is 363 g/mol. The lowest BCUT2D eigenvalue weighted by atomic mass is 10.0. The molecule has 0 saturated carbocycles. The summed E-state index contributed by atoms with van der Waals surface area (Å²) in [5, 5.41) is 6.60. The van der Waals surface area contributed by atoms with Gasteiger partial charge in [0.05, 0.1) is 10.5 Å². The standard InChI is InChI=1S/C13H10BrF4N3/c14-10-11(13(16,17)18)20-21-9(5-6-19-12(10)21)7-1-3-8(15)4-2-7/h1-4,9,19H,5-6H2. The first-order chi connectivity index (χ1) is 9.88. The minimum Gasteiger partial charge on any atom is -0.369 e. The molecule has 0 saturated heterocycles. The quantitative estimate of drug-likeness (QED) is 0.769. The van der Waals surface area contributed by atoms with Crippen LogP contribution in [-0.2, 0) is 6.18 Å². The summed E-state index contributed by atoms with van der Waals surface area (Å²) in [6.07, 6.45) is -3.96. The summed E-state index contributed by atoms with van der Waals surface area (Å²) in [6.45, 7) is 0.517. The van der Waals surface area contributed by atoms with Crippen LogP contribution in [0.3, 0.4) is 0 Å². The van der Waals surface area contributed by atoms with Crippen LogP contribution in [0.2, 0.25) is 0 Å². The van der Waals surface area contributed by atoms with E-state index < -0.39 is 11.9 Å². The van der Waals surface area contributed by atoms with Crippen molar-refractivity contribution < 1.29 is 17.6 Å². The first kappa shape index (κ1) is 14.4. The third-order valence-electron chi connectivity index (χ3n) is 3.38. The molecule has 1 N–H and O–H groups in total. The number of alkyl halides is 3. The van der Waals surface area contributed by atoms with Gasteiger partial charge in [-0.15, -0.1) is 0 Å². The highest BCUT2D eigenvalue weighted by Crippen LogP contribution is 2.42. The fourth-order valence-electron chi connectivity index (χ4n) is 2.42. The van der Waals surface area contributed by atoms with Crippen LogP contribution >= 0.6 is 15.9 Å². The number of aromatic nitrogens is 2. The second-order valence-electron chi connectivity index (χ2n) is 4.74. The molecule has 0 spiro atoms. The van der Waals surface area contributed by atoms with Gasteiger partial charge in [-0.25, -0.2) is 9.07 Å². The number of anilines is 1. The second kappa shape index (κ2) is 5.01. The van der Waals surface area contributed by atoms with Gasteiger partial charge < -0.3 is 5.32 Å². The molecular weight excluding hydrogens is 354 g/mol. The number of hydrogen-bond acceptors (Lipinski definition) is 2. The lowest BCUT2D eigenvalue weighted by molar-refractivity contribution is -0.142. The zero-order valence-corrected chi connectivity index (χ0v) is 12.2. The Labute approximate surface area is 126 Å². The van der Waals surface area contributed by atoms with Gasteiger partial charge in [0, 0.05) is 6.54 Å². The molecule has 1 aliphatic heterocycles. The van der Waals surface area contributed by atoms with Gasteiger partial charge in [0.15, 0.2) is 5.69 Å². The predicted octanol–water partition coefficient (Wildman–Crippen LogP) is 4.21. The van der Waals surface area contributed by atoms with Gasteiger partial charge in [-0.05, 0) is 40.0 Å². The van der Waals surface area contributed by atoms with Crippen LogP contribution in [0.4, 0.5) is 23.4 Å². The number of hydrogen-bond donors (Lipinski definition) is 1. The molecule has 0 amide bonds. The number of benzene rings is 1. The minimum absolute atomic E-state index is 0.0955. The van der Waals surface area contributed by atoms with Gasteiger partial charge in [-0.1, -0.05) is 12.1 Å². The molecule has 1 aromatic heterocycles. The first-order valence-corrected chi connectivity index (χ1v) is 7.02. The van der Waals surface area contributed by atoms with Crippen LogP contribution < -0.4 is 5.32 Å². The lowest BCUT2D eigenvalue weighted by Gasteiger charge is -2.26. The van der Waals surface area contributed by atoms with Gasteiger partial charge in [0.2, 0.25) is 0 Å². The van der Waals surface area contributed by atoms with Crippen LogP contribution in [0.15, 0.2) is 28.7 Å². The third-order valence-corrected chi connectivity index (χ3v) is 4.13. The third kappa shape index (κ3) is 2.52. The molecule has 2 aromatic rings. The Balaban J connectivity index is 2.08. The fraction of sp³-hybridized carbons (Fsp3) is 0.308. The van der Waals surface area contributed by atoms with Crippen LogP contribution in [0.25, 0.3) is 0 Å². The maximum Gasteiger partial charge on any atom is 0.436 e. The SMILES string of the molecule is Fc1ccc(C2CCNc3c(Br)c(C(F)(F)F)nn32)cc1. The molecule has 21 heavy (non-hydrogen) atoms. The van der Waals surface area contributed by atoms with E-state index in [9.17, 15) is 17.6 Å². The van der Waals surface area contributed by atoms with Crippen LogP contribution in [0.1, 0.15) is 23.7 Å². The molecule has 0 bridgehead atoms. The Morgan fingerprint density at radius 1 is 1.24 bits per heavy atom. The van der Waals surface area contributed by atoms with Crippen molar-refractivity contribution in [3.8, 4) is 0 Å². The summed E-state index contributed by atoms with van der Waals surface area (Å²) in [5.74, 6) is -0.0894. The van der Waals surface area contributed by atoms with Crippen molar-refractivity contribution in [3.63, 3.8) is 0 Å². The van der Waals surface area contributed by atoms with Crippen molar-refractivity contribution in [1.82, 2.24) is 9.78 Å². The van der Waals surface area contributed by atoms with E-state index >= 15 is 0 Å². The fourth-order valence-corrected chi connectivity index (χ4v) is 3.05. The Bertz CT molecular complexity index is 663. The summed E-state index contributed by atoms with van der Waals surface area (Å²) in [5.41, 5.74) is -0.234. The van der Waals surface area contributed by atoms with Crippen molar-refractivity contribution in [2.24, 2.45) is 0 Å². The highest BCUT2D eigenvalue weighted by molar-refractivity contribution is 9.10. The lowest BCUT2D eigenvalue weighted by Crippen LogP contribution is -2.24. The molecule has 1 unspecified atom stereocenters. The molecule has 0 radical (unpaired) electrons. The van der Waals surface area contributed by atoms with E-state index in [1.54, 1.807) is 12.1 Å². The van der Waals surface area contributed by atoms with Crippen molar-refractivity contribution in [3.05, 3.63) is 45.8 Å². The maximum atomic E-state index is 13.0. The van der Waals surface area contributed by atoms with Crippen molar-refractivity contribution >= 4 is 21.7 Å². The van der Waals surface area contributed by atoms with Gasteiger partial charge in [-0.3, -0.25) is 0 Å². The van der Waals surface area contributed by atoms with Crippen LogP contribution in [0.5, 0.6) is 0 Å². The second-order valence-corrected chi connectivity index (χ2v) is 5.53. The molecular formula is C13H10BrF4N3. The van der Waals surface area contributed by atoms with Gasteiger partial charge in [-0.2, -0.15) is 18.3 Å². The van der Waals surface area contributed by atoms with E-state index in [1.807, 2.05) is 0 Å². The Hall–Kier alpha value is -1.57. The molecule has 3 rings (SSSR count). The molecule has 3 nitrogen and oxygen atoms in total. The molecule has 0 aliphatic carbocycles. The van der Waals surface area contributed by atoms with E-state index in [-0.39, 0.29) is 16.3 Å². The van der Waals surface area contributed by atoms with E-state index in [0.717, 1.165) is 5.56 Å². The van der Waals surface area contributed by atoms with Crippen molar-refractivity contribution in [1.29, 1.82) is 0 Å². The minimum atomic E-state index is -4.53. The normalized spacial score (nSPS) is 18.2. The topological polar surface area (TPSA) is 29.9 Å². The Morgan fingerprint density at radius 3 is 2.52 bits per heavy atom. The van der Waals surface area contributed by atoms with E-state index in [1.165, 1.54) is 16.8 Å². The summed E-state index contributed by atoms with van der Waals surface area (Å²) in [7, 11) is 0. The largest absolute Gasteiger partial charge is 0.436 e. The highest BCUT2D eigenvalue weighted by Gasteiger charge is 2.40. The van der Waals surface area contributed by atoms with Gasteiger partial charge >= 0.3 is 6.18 Å². The smallest absolute Gasteiger partial charge is 0.369 e. The van der Waals surface area contributed by atoms with Crippen LogP contribution in [-0.4, -0.2) is 16.3 Å². The number of nitrogens with one attached hydrogen (secondary N) is 1. The predicted molar refractivity (Wildman–Crippen MR) is 72.6 cm³/mol. The van der Waals surface area contributed by atoms with E-state index in [0.29, 0.717) is 18.8 Å². The molecule has 1 atom stereocenters. The Kier molecular flexibility index (Phi) is 3.43. The summed E-state index contributed by atoms with van der Waals surface area (Å²) in [6, 6.07) is 5.37. The van der Waals surface area contributed by atoms with Gasteiger partial charge in [0.1, 0.15) is 11.6 Å². The summed E-state index contributed by atoms with van der Waals surface area (Å²) in [4.78, 5) is 0. The molecule has 112 valence electrons. The number of rotatable bonds is 1. The zero-order valence-electron chi connectivity index (χ0n) is 10.6. The molecule has 8 heteroatoms. The summed E-state index contributed by atoms with van der Waals surface area (Å²) >= 11 is 2.96. The van der Waals surface area contributed by atoms with Crippen LogP contribution in [0, 0.1) is 5.82 Å². The number of halogens is 5.